The van der Waals surface area contributed by atoms with Gasteiger partial charge in [0.05, 0.1) is 6.10 Å². The summed E-state index contributed by atoms with van der Waals surface area (Å²) in [7, 11) is 0. The lowest BCUT2D eigenvalue weighted by Gasteiger charge is -2.23. The van der Waals surface area contributed by atoms with E-state index in [0.717, 1.165) is 6.61 Å². The van der Waals surface area contributed by atoms with Crippen LogP contribution in [-0.2, 0) is 10.2 Å². The first kappa shape index (κ1) is 15.5. The van der Waals surface area contributed by atoms with Gasteiger partial charge in [-0.25, -0.2) is 0 Å². The zero-order valence-electron chi connectivity index (χ0n) is 12.2. The van der Waals surface area contributed by atoms with Crippen LogP contribution in [0.4, 0.5) is 0 Å². The van der Waals surface area contributed by atoms with Gasteiger partial charge in [0.1, 0.15) is 0 Å². The van der Waals surface area contributed by atoms with Crippen molar-refractivity contribution in [2.24, 2.45) is 0 Å². The molecule has 108 valence electrons. The zero-order valence-corrected chi connectivity index (χ0v) is 14.6. The van der Waals surface area contributed by atoms with Gasteiger partial charge in [0.2, 0.25) is 0 Å². The van der Waals surface area contributed by atoms with Crippen molar-refractivity contribution in [3.05, 3.63) is 21.9 Å². The number of hydrogen-bond donors (Lipinski definition) is 0. The zero-order chi connectivity index (χ0) is 13.9. The molecule has 19 heavy (non-hydrogen) atoms. The number of ether oxygens (including phenoxy) is 1. The van der Waals surface area contributed by atoms with Crippen molar-refractivity contribution in [3.8, 4) is 0 Å². The quantitative estimate of drug-likeness (QED) is 0.624. The highest BCUT2D eigenvalue weighted by molar-refractivity contribution is 9.09. The minimum absolute atomic E-state index is 0.266. The van der Waals surface area contributed by atoms with Crippen molar-refractivity contribution in [1.82, 2.24) is 0 Å². The Bertz CT molecular complexity index is 388. The lowest BCUT2D eigenvalue weighted by molar-refractivity contribution is 0.0102. The molecule has 0 radical (unpaired) electrons. The van der Waals surface area contributed by atoms with Crippen LogP contribution in [0.3, 0.4) is 0 Å². The molecule has 1 aliphatic rings. The maximum absolute atomic E-state index is 5.81. The van der Waals surface area contributed by atoms with Gasteiger partial charge < -0.3 is 4.74 Å². The van der Waals surface area contributed by atoms with Crippen molar-refractivity contribution >= 4 is 27.3 Å². The Kier molecular flexibility index (Phi) is 5.50. The Labute approximate surface area is 129 Å². The van der Waals surface area contributed by atoms with E-state index in [1.165, 1.54) is 41.9 Å². The van der Waals surface area contributed by atoms with Crippen LogP contribution in [0.1, 0.15) is 67.5 Å². The second kappa shape index (κ2) is 6.73. The molecular weight excluding hydrogens is 320 g/mol. The molecule has 3 heteroatoms. The van der Waals surface area contributed by atoms with E-state index in [1.54, 1.807) is 0 Å². The molecule has 0 spiro atoms. The number of alkyl halides is 1. The van der Waals surface area contributed by atoms with Crippen molar-refractivity contribution in [1.29, 1.82) is 0 Å². The van der Waals surface area contributed by atoms with Crippen molar-refractivity contribution in [2.75, 3.05) is 6.61 Å². The maximum Gasteiger partial charge on any atom is 0.0575 e. The molecule has 0 aliphatic carbocycles. The van der Waals surface area contributed by atoms with Crippen LogP contribution >= 0.6 is 27.3 Å². The fourth-order valence-corrected chi connectivity index (χ4v) is 4.21. The van der Waals surface area contributed by atoms with Gasteiger partial charge in [-0.2, -0.15) is 0 Å². The summed E-state index contributed by atoms with van der Waals surface area (Å²) in [6, 6.07) is 4.57. The molecule has 0 N–H and O–H groups in total. The Hall–Kier alpha value is 0.140. The molecule has 2 unspecified atom stereocenters. The fourth-order valence-electron chi connectivity index (χ4n) is 2.43. The number of hydrogen-bond acceptors (Lipinski definition) is 2. The van der Waals surface area contributed by atoms with Crippen LogP contribution in [0, 0.1) is 0 Å². The van der Waals surface area contributed by atoms with E-state index in [9.17, 15) is 0 Å². The van der Waals surface area contributed by atoms with E-state index in [-0.39, 0.29) is 5.41 Å². The topological polar surface area (TPSA) is 9.23 Å². The molecule has 0 amide bonds. The van der Waals surface area contributed by atoms with Gasteiger partial charge in [-0.1, -0.05) is 36.7 Å². The second-order valence-electron chi connectivity index (χ2n) is 6.49. The van der Waals surface area contributed by atoms with E-state index in [4.69, 9.17) is 4.74 Å². The maximum atomic E-state index is 5.81. The molecule has 1 nitrogen and oxygen atoms in total. The molecule has 1 aromatic heterocycles. The third kappa shape index (κ3) is 4.57. The smallest absolute Gasteiger partial charge is 0.0575 e. The molecule has 2 atom stereocenters. The summed E-state index contributed by atoms with van der Waals surface area (Å²) in [6.45, 7) is 7.80. The average molecular weight is 345 g/mol. The average Bonchev–Trinajstić information content (AvgIpc) is 2.87. The van der Waals surface area contributed by atoms with Crippen molar-refractivity contribution < 1.29 is 4.74 Å². The van der Waals surface area contributed by atoms with Gasteiger partial charge in [-0.05, 0) is 49.7 Å². The van der Waals surface area contributed by atoms with Crippen molar-refractivity contribution in [3.63, 3.8) is 0 Å². The summed E-state index contributed by atoms with van der Waals surface area (Å²) >= 11 is 5.79. The molecule has 1 aliphatic heterocycles. The lowest BCUT2D eigenvalue weighted by atomic mass is 9.95. The third-order valence-corrected chi connectivity index (χ3v) is 6.57. The van der Waals surface area contributed by atoms with Crippen LogP contribution in [0.15, 0.2) is 12.1 Å². The molecule has 0 aromatic carbocycles. The summed E-state index contributed by atoms with van der Waals surface area (Å²) in [6.07, 6.45) is 6.68. The molecule has 2 heterocycles. The highest BCUT2D eigenvalue weighted by Crippen LogP contribution is 2.38. The monoisotopic (exact) mass is 344 g/mol. The molecule has 1 saturated heterocycles. The van der Waals surface area contributed by atoms with E-state index < -0.39 is 0 Å². The largest absolute Gasteiger partial charge is 0.378 e. The molecule has 1 aromatic rings. The first-order valence-electron chi connectivity index (χ1n) is 7.32. The number of thiophene rings is 1. The summed E-state index contributed by atoms with van der Waals surface area (Å²) in [5.74, 6) is 0. The summed E-state index contributed by atoms with van der Waals surface area (Å²) in [5, 5.41) is 0. The summed E-state index contributed by atoms with van der Waals surface area (Å²) < 4.78 is 5.81. The molecule has 0 bridgehead atoms. The summed E-state index contributed by atoms with van der Waals surface area (Å²) in [5.41, 5.74) is 0.266. The highest BCUT2D eigenvalue weighted by Gasteiger charge is 2.20. The normalized spacial score (nSPS) is 22.4. The molecular formula is C16H25BrOS. The number of halogens is 1. The Morgan fingerprint density at radius 3 is 2.74 bits per heavy atom. The molecule has 0 saturated carbocycles. The predicted molar refractivity (Wildman–Crippen MR) is 87.5 cm³/mol. The van der Waals surface area contributed by atoms with Gasteiger partial charge in [0.25, 0.3) is 0 Å². The van der Waals surface area contributed by atoms with E-state index in [2.05, 4.69) is 48.8 Å². The minimum atomic E-state index is 0.266. The minimum Gasteiger partial charge on any atom is -0.378 e. The summed E-state index contributed by atoms with van der Waals surface area (Å²) in [4.78, 5) is 3.42. The van der Waals surface area contributed by atoms with E-state index in [1.807, 2.05) is 11.3 Å². The van der Waals surface area contributed by atoms with Gasteiger partial charge in [-0.15, -0.1) is 11.3 Å². The molecule has 1 fully saturated rings. The van der Waals surface area contributed by atoms with Crippen LogP contribution in [0.25, 0.3) is 0 Å². The van der Waals surface area contributed by atoms with Crippen LogP contribution in [-0.4, -0.2) is 12.7 Å². The third-order valence-electron chi connectivity index (χ3n) is 3.69. The van der Waals surface area contributed by atoms with Crippen molar-refractivity contribution in [2.45, 2.75) is 69.2 Å². The lowest BCUT2D eigenvalue weighted by Crippen LogP contribution is -2.19. The fraction of sp³-hybridized carbons (Fsp3) is 0.750. The second-order valence-corrected chi connectivity index (χ2v) is 8.71. The SMILES string of the molecule is CC(C)(C)c1ccc(C(Br)CCC2CCCCO2)s1. The van der Waals surface area contributed by atoms with Gasteiger partial charge in [0.15, 0.2) is 0 Å². The van der Waals surface area contributed by atoms with Crippen LogP contribution in [0.2, 0.25) is 0 Å². The van der Waals surface area contributed by atoms with Gasteiger partial charge in [-0.3, -0.25) is 0 Å². The Morgan fingerprint density at radius 2 is 2.16 bits per heavy atom. The first-order valence-corrected chi connectivity index (χ1v) is 9.06. The standard InChI is InChI=1S/C16H25BrOS/c1-16(2,3)15-10-9-14(19-15)13(17)8-7-12-6-4-5-11-18-12/h9-10,12-13H,4-8,11H2,1-3H3. The Balaban J connectivity index is 1.85. The van der Waals surface area contributed by atoms with E-state index >= 15 is 0 Å². The molecule has 2 rings (SSSR count). The highest BCUT2D eigenvalue weighted by atomic mass is 79.9. The Morgan fingerprint density at radius 1 is 1.37 bits per heavy atom. The van der Waals surface area contributed by atoms with E-state index in [0.29, 0.717) is 10.9 Å². The first-order chi connectivity index (χ1) is 8.97. The number of rotatable bonds is 4. The van der Waals surface area contributed by atoms with Crippen LogP contribution < -0.4 is 0 Å². The van der Waals surface area contributed by atoms with Gasteiger partial charge in [0, 0.05) is 21.2 Å². The predicted octanol–water partition coefficient (Wildman–Crippen LogP) is 5.83. The van der Waals surface area contributed by atoms with Gasteiger partial charge >= 0.3 is 0 Å². The van der Waals surface area contributed by atoms with Crippen LogP contribution in [0.5, 0.6) is 0 Å².